The minimum absolute atomic E-state index is 0.0308. The van der Waals surface area contributed by atoms with E-state index in [-0.39, 0.29) is 41.0 Å². The van der Waals surface area contributed by atoms with E-state index >= 15 is 4.39 Å². The van der Waals surface area contributed by atoms with Crippen LogP contribution >= 0.6 is 0 Å². The van der Waals surface area contributed by atoms with Crippen molar-refractivity contribution in [1.29, 1.82) is 0 Å². The third-order valence-electron chi connectivity index (χ3n) is 6.76. The number of alkyl carbamates (subject to hydrolysis) is 1. The molecule has 1 aliphatic rings. The number of aromatic nitrogens is 3. The number of alkyl halides is 1. The van der Waals surface area contributed by atoms with Gasteiger partial charge in [-0.15, -0.1) is 0 Å². The fraction of sp³-hybridized carbons (Fsp3) is 0.333. The number of ether oxygens (including phenoxy) is 3. The van der Waals surface area contributed by atoms with E-state index in [1.54, 1.807) is 57.2 Å². The number of fused-ring (bicyclic) bond motifs is 3. The highest BCUT2D eigenvalue weighted by atomic mass is 32.2. The smallest absolute Gasteiger partial charge is 0.408 e. The Labute approximate surface area is 248 Å². The van der Waals surface area contributed by atoms with E-state index in [0.29, 0.717) is 22.0 Å². The predicted octanol–water partition coefficient (Wildman–Crippen LogP) is 4.87. The Morgan fingerprint density at radius 3 is 2.47 bits per heavy atom. The van der Waals surface area contributed by atoms with Crippen LogP contribution in [0.1, 0.15) is 50.7 Å². The zero-order valence-corrected chi connectivity index (χ0v) is 25.1. The number of hydrogen-bond acceptors (Lipinski definition) is 9. The Morgan fingerprint density at radius 1 is 1.09 bits per heavy atom. The molecule has 43 heavy (non-hydrogen) atoms. The van der Waals surface area contributed by atoms with Gasteiger partial charge in [0, 0.05) is 24.8 Å². The summed E-state index contributed by atoms with van der Waals surface area (Å²) in [6.07, 6.45) is -2.29. The summed E-state index contributed by atoms with van der Waals surface area (Å²) in [7, 11) is -2.80. The monoisotopic (exact) mass is 610 g/mol. The largest absolute Gasteiger partial charge is 0.481 e. The summed E-state index contributed by atoms with van der Waals surface area (Å²) in [5, 5.41) is 3.10. The van der Waals surface area contributed by atoms with Crippen LogP contribution in [0.15, 0.2) is 59.5 Å². The quantitative estimate of drug-likeness (QED) is 0.291. The molecule has 2 aromatic heterocycles. The van der Waals surface area contributed by atoms with Gasteiger partial charge in [-0.2, -0.15) is 4.98 Å². The van der Waals surface area contributed by atoms with Gasteiger partial charge in [-0.3, -0.25) is 4.79 Å². The van der Waals surface area contributed by atoms with Gasteiger partial charge in [0.05, 0.1) is 35.0 Å². The number of nitrogens with one attached hydrogen (secondary N) is 1. The molecule has 2 aromatic carbocycles. The average Bonchev–Trinajstić information content (AvgIpc) is 3.49. The molecule has 0 fully saturated rings. The molecule has 0 saturated carbocycles. The second-order valence-electron chi connectivity index (χ2n) is 11.0. The second kappa shape index (κ2) is 11.3. The third kappa shape index (κ3) is 6.03. The number of nitrogens with zero attached hydrogens (tertiary/aromatic N) is 3. The molecule has 1 amide bonds. The van der Waals surface area contributed by atoms with Gasteiger partial charge in [-0.05, 0) is 56.2 Å². The van der Waals surface area contributed by atoms with Crippen LogP contribution < -0.4 is 10.1 Å². The summed E-state index contributed by atoms with van der Waals surface area (Å²) >= 11 is 0. The number of methoxy groups -OCH3 is 1. The molecule has 2 atom stereocenters. The molecule has 226 valence electrons. The molecular formula is C30H31FN4O7S. The third-order valence-corrected chi connectivity index (χ3v) is 8.51. The molecule has 0 unspecified atom stereocenters. The van der Waals surface area contributed by atoms with Crippen LogP contribution in [0.3, 0.4) is 0 Å². The van der Waals surface area contributed by atoms with Crippen LogP contribution in [0, 0.1) is 0 Å². The van der Waals surface area contributed by atoms with E-state index in [1.165, 1.54) is 32.2 Å². The standard InChI is InChI=1S/C30H31FN4O7S/c1-17(36)41-16-26-32-23(15-27(33-26)40-5)25-14-21-20-13-22(31)28(34-29(37)42-30(2,3)4)19(20)11-12-24(21)35(25)43(38,39)18-9-7-6-8-10-18/h6-12,14-15,22,28H,13,16H2,1-5H3,(H,34,37)/t22-,28+/m1/s1. The van der Waals surface area contributed by atoms with Gasteiger partial charge in [-0.1, -0.05) is 24.3 Å². The van der Waals surface area contributed by atoms with Crippen molar-refractivity contribution >= 4 is 33.0 Å². The van der Waals surface area contributed by atoms with Crippen LogP contribution in [-0.4, -0.2) is 53.3 Å². The second-order valence-corrected chi connectivity index (χ2v) is 12.8. The lowest BCUT2D eigenvalue weighted by Gasteiger charge is -2.23. The Morgan fingerprint density at radius 2 is 1.81 bits per heavy atom. The van der Waals surface area contributed by atoms with E-state index in [0.717, 1.165) is 3.97 Å². The minimum atomic E-state index is -4.20. The Hall–Kier alpha value is -4.52. The first-order valence-corrected chi connectivity index (χ1v) is 14.9. The highest BCUT2D eigenvalue weighted by molar-refractivity contribution is 7.90. The maximum atomic E-state index is 15.5. The summed E-state index contributed by atoms with van der Waals surface area (Å²) in [5.74, 6) is -0.328. The minimum Gasteiger partial charge on any atom is -0.481 e. The fourth-order valence-corrected chi connectivity index (χ4v) is 6.57. The lowest BCUT2D eigenvalue weighted by Crippen LogP contribution is -2.37. The molecule has 5 rings (SSSR count). The molecule has 13 heteroatoms. The summed E-state index contributed by atoms with van der Waals surface area (Å²) in [4.78, 5) is 32.7. The van der Waals surface area contributed by atoms with Crippen molar-refractivity contribution in [3.63, 3.8) is 0 Å². The Kier molecular flexibility index (Phi) is 7.86. The van der Waals surface area contributed by atoms with Crippen molar-refractivity contribution in [1.82, 2.24) is 19.3 Å². The van der Waals surface area contributed by atoms with Gasteiger partial charge < -0.3 is 19.5 Å². The fourth-order valence-electron chi connectivity index (χ4n) is 5.04. The molecule has 1 N–H and O–H groups in total. The first-order valence-electron chi connectivity index (χ1n) is 13.5. The molecule has 1 aliphatic carbocycles. The van der Waals surface area contributed by atoms with Gasteiger partial charge in [0.2, 0.25) is 5.88 Å². The number of carbonyl (C=O) groups excluding carboxylic acids is 2. The van der Waals surface area contributed by atoms with Crippen molar-refractivity contribution in [2.45, 2.75) is 63.4 Å². The van der Waals surface area contributed by atoms with Crippen molar-refractivity contribution < 1.29 is 36.6 Å². The number of amides is 1. The molecule has 11 nitrogen and oxygen atoms in total. The number of hydrogen-bond donors (Lipinski definition) is 1. The zero-order chi connectivity index (χ0) is 31.1. The lowest BCUT2D eigenvalue weighted by atomic mass is 10.0. The predicted molar refractivity (Wildman–Crippen MR) is 155 cm³/mol. The van der Waals surface area contributed by atoms with Gasteiger partial charge in [0.25, 0.3) is 10.0 Å². The van der Waals surface area contributed by atoms with E-state index in [1.807, 2.05) is 0 Å². The normalized spacial score (nSPS) is 16.5. The van der Waals surface area contributed by atoms with E-state index in [4.69, 9.17) is 14.2 Å². The van der Waals surface area contributed by atoms with Crippen molar-refractivity contribution in [2.75, 3.05) is 7.11 Å². The van der Waals surface area contributed by atoms with Gasteiger partial charge in [0.15, 0.2) is 12.4 Å². The highest BCUT2D eigenvalue weighted by Gasteiger charge is 2.37. The van der Waals surface area contributed by atoms with E-state index < -0.39 is 39.9 Å². The van der Waals surface area contributed by atoms with Gasteiger partial charge in [-0.25, -0.2) is 26.6 Å². The number of halogens is 1. The van der Waals surface area contributed by atoms with E-state index in [2.05, 4.69) is 15.3 Å². The van der Waals surface area contributed by atoms with Crippen LogP contribution in [0.4, 0.5) is 9.18 Å². The van der Waals surface area contributed by atoms with Gasteiger partial charge >= 0.3 is 12.1 Å². The molecule has 2 heterocycles. The molecule has 0 bridgehead atoms. The van der Waals surface area contributed by atoms with Crippen molar-refractivity contribution in [3.8, 4) is 17.3 Å². The van der Waals surface area contributed by atoms with E-state index in [9.17, 15) is 18.0 Å². The Balaban J connectivity index is 1.71. The van der Waals surface area contributed by atoms with Crippen LogP contribution in [-0.2, 0) is 37.3 Å². The van der Waals surface area contributed by atoms with Crippen LogP contribution in [0.5, 0.6) is 5.88 Å². The maximum absolute atomic E-state index is 15.5. The summed E-state index contributed by atoms with van der Waals surface area (Å²) in [6.45, 7) is 6.12. The average molecular weight is 611 g/mol. The number of benzene rings is 2. The molecule has 0 aliphatic heterocycles. The zero-order valence-electron chi connectivity index (χ0n) is 24.3. The first-order chi connectivity index (χ1) is 20.3. The highest BCUT2D eigenvalue weighted by Crippen LogP contribution is 2.42. The lowest BCUT2D eigenvalue weighted by molar-refractivity contribution is -0.142. The molecule has 0 spiro atoms. The van der Waals surface area contributed by atoms with Crippen LogP contribution in [0.25, 0.3) is 22.3 Å². The SMILES string of the molecule is COc1cc(-c2cc3c4c(ccc3n2S(=O)(=O)c2ccccc2)[C@H](NC(=O)OC(C)(C)C)[C@H](F)C4)nc(COC(C)=O)n1. The molecular weight excluding hydrogens is 579 g/mol. The Bertz CT molecular complexity index is 1820. The number of rotatable bonds is 7. The molecule has 4 aromatic rings. The van der Waals surface area contributed by atoms with Crippen molar-refractivity contribution in [3.05, 3.63) is 71.5 Å². The number of carbonyl (C=O) groups is 2. The first kappa shape index (κ1) is 30.0. The summed E-state index contributed by atoms with van der Waals surface area (Å²) in [5.41, 5.74) is 0.930. The summed E-state index contributed by atoms with van der Waals surface area (Å²) < 4.78 is 60.6. The van der Waals surface area contributed by atoms with Gasteiger partial charge in [0.1, 0.15) is 11.8 Å². The van der Waals surface area contributed by atoms with Crippen LogP contribution in [0.2, 0.25) is 0 Å². The molecule has 0 saturated heterocycles. The topological polar surface area (TPSA) is 139 Å². The maximum Gasteiger partial charge on any atom is 0.408 e. The molecule has 0 radical (unpaired) electrons. The summed E-state index contributed by atoms with van der Waals surface area (Å²) in [6, 6.07) is 13.2. The number of esters is 1. The van der Waals surface area contributed by atoms with Crippen molar-refractivity contribution in [2.24, 2.45) is 0 Å².